The first-order valence-corrected chi connectivity index (χ1v) is 9.95. The number of rotatable bonds is 6. The lowest BCUT2D eigenvalue weighted by Crippen LogP contribution is -2.47. The molecule has 1 N–H and O–H groups in total. The molecule has 2 aliphatic rings. The second-order valence-corrected chi connectivity index (χ2v) is 7.15. The highest BCUT2D eigenvalue weighted by molar-refractivity contribution is 5.92. The first-order chi connectivity index (χ1) is 14.2. The quantitative estimate of drug-likeness (QED) is 0.798. The molecule has 1 aromatic heterocycles. The SMILES string of the molecule is COc1ccccc1CCNc1nccc(C(=O)N2CCC3(CC2)OCCO3)n1. The number of hydrogen-bond acceptors (Lipinski definition) is 7. The number of ether oxygens (including phenoxy) is 3. The Balaban J connectivity index is 1.33. The summed E-state index contributed by atoms with van der Waals surface area (Å²) in [7, 11) is 1.66. The molecule has 0 aliphatic carbocycles. The van der Waals surface area contributed by atoms with Gasteiger partial charge in [0.25, 0.3) is 5.91 Å². The second kappa shape index (κ2) is 8.75. The Morgan fingerprint density at radius 3 is 2.72 bits per heavy atom. The Morgan fingerprint density at radius 1 is 1.21 bits per heavy atom. The molecule has 2 aliphatic heterocycles. The van der Waals surface area contributed by atoms with Crippen LogP contribution >= 0.6 is 0 Å². The monoisotopic (exact) mass is 398 g/mol. The van der Waals surface area contributed by atoms with Crippen LogP contribution < -0.4 is 10.1 Å². The molecular formula is C21H26N4O4. The van der Waals surface area contributed by atoms with Crippen LogP contribution in [0, 0.1) is 0 Å². The lowest BCUT2D eigenvalue weighted by atomic mass is 10.0. The molecular weight excluding hydrogens is 372 g/mol. The number of amides is 1. The Kier molecular flexibility index (Phi) is 5.92. The van der Waals surface area contributed by atoms with Crippen molar-refractivity contribution in [3.05, 3.63) is 47.8 Å². The molecule has 0 atom stereocenters. The maximum absolute atomic E-state index is 12.8. The van der Waals surface area contributed by atoms with E-state index in [9.17, 15) is 4.79 Å². The molecule has 4 rings (SSSR count). The standard InChI is InChI=1S/C21H26N4O4/c1-27-18-5-3-2-4-16(18)6-10-22-20-23-11-7-17(24-20)19(26)25-12-8-21(9-13-25)28-14-15-29-21/h2-5,7,11H,6,8-10,12-15H2,1H3,(H,22,23,24). The number of benzene rings is 1. The number of nitrogens with zero attached hydrogens (tertiary/aromatic N) is 3. The first kappa shape index (κ1) is 19.6. The summed E-state index contributed by atoms with van der Waals surface area (Å²) in [5, 5.41) is 3.19. The largest absolute Gasteiger partial charge is 0.496 e. The van der Waals surface area contributed by atoms with Crippen molar-refractivity contribution in [2.24, 2.45) is 0 Å². The summed E-state index contributed by atoms with van der Waals surface area (Å²) in [6.07, 6.45) is 3.75. The summed E-state index contributed by atoms with van der Waals surface area (Å²) < 4.78 is 16.8. The fourth-order valence-electron chi connectivity index (χ4n) is 3.78. The Hall–Kier alpha value is -2.71. The van der Waals surface area contributed by atoms with Crippen molar-refractivity contribution in [1.29, 1.82) is 0 Å². The number of carbonyl (C=O) groups excluding carboxylic acids is 1. The third kappa shape index (κ3) is 4.49. The third-order valence-electron chi connectivity index (χ3n) is 5.37. The van der Waals surface area contributed by atoms with Gasteiger partial charge in [-0.1, -0.05) is 18.2 Å². The van der Waals surface area contributed by atoms with E-state index in [4.69, 9.17) is 14.2 Å². The van der Waals surface area contributed by atoms with E-state index in [-0.39, 0.29) is 5.91 Å². The minimum Gasteiger partial charge on any atom is -0.496 e. The van der Waals surface area contributed by atoms with Crippen LogP contribution in [0.5, 0.6) is 5.75 Å². The minimum absolute atomic E-state index is 0.0898. The van der Waals surface area contributed by atoms with Gasteiger partial charge in [-0.2, -0.15) is 0 Å². The number of carbonyl (C=O) groups is 1. The molecule has 29 heavy (non-hydrogen) atoms. The fourth-order valence-corrected chi connectivity index (χ4v) is 3.78. The smallest absolute Gasteiger partial charge is 0.272 e. The van der Waals surface area contributed by atoms with Gasteiger partial charge in [0.15, 0.2) is 5.79 Å². The van der Waals surface area contributed by atoms with Crippen molar-refractivity contribution in [2.75, 3.05) is 45.3 Å². The van der Waals surface area contributed by atoms with Crippen LogP contribution in [0.25, 0.3) is 0 Å². The number of para-hydroxylation sites is 1. The van der Waals surface area contributed by atoms with Gasteiger partial charge in [0.05, 0.1) is 20.3 Å². The van der Waals surface area contributed by atoms with Crippen LogP contribution in [-0.2, 0) is 15.9 Å². The molecule has 2 aromatic rings. The van der Waals surface area contributed by atoms with E-state index in [0.29, 0.717) is 57.3 Å². The van der Waals surface area contributed by atoms with Gasteiger partial charge < -0.3 is 24.4 Å². The number of anilines is 1. The highest BCUT2D eigenvalue weighted by atomic mass is 16.7. The van der Waals surface area contributed by atoms with Crippen LogP contribution in [-0.4, -0.2) is 66.5 Å². The molecule has 154 valence electrons. The molecule has 1 spiro atoms. The van der Waals surface area contributed by atoms with Crippen LogP contribution in [0.2, 0.25) is 0 Å². The van der Waals surface area contributed by atoms with Crippen LogP contribution in [0.1, 0.15) is 28.9 Å². The average Bonchev–Trinajstić information content (AvgIpc) is 3.22. The van der Waals surface area contributed by atoms with Crippen LogP contribution in [0.15, 0.2) is 36.5 Å². The molecule has 0 saturated carbocycles. The summed E-state index contributed by atoms with van der Waals surface area (Å²) >= 11 is 0. The zero-order valence-electron chi connectivity index (χ0n) is 16.6. The number of piperidine rings is 1. The molecule has 8 nitrogen and oxygen atoms in total. The highest BCUT2D eigenvalue weighted by Crippen LogP contribution is 2.31. The maximum Gasteiger partial charge on any atom is 0.272 e. The number of hydrogen-bond donors (Lipinski definition) is 1. The molecule has 1 amide bonds. The van der Waals surface area contributed by atoms with E-state index in [1.165, 1.54) is 0 Å². The molecule has 8 heteroatoms. The van der Waals surface area contributed by atoms with Gasteiger partial charge in [-0.3, -0.25) is 4.79 Å². The van der Waals surface area contributed by atoms with E-state index in [2.05, 4.69) is 15.3 Å². The second-order valence-electron chi connectivity index (χ2n) is 7.15. The van der Waals surface area contributed by atoms with Crippen molar-refractivity contribution in [1.82, 2.24) is 14.9 Å². The summed E-state index contributed by atoms with van der Waals surface area (Å²) in [5.74, 6) is 0.722. The lowest BCUT2D eigenvalue weighted by Gasteiger charge is -2.37. The van der Waals surface area contributed by atoms with Gasteiger partial charge in [0, 0.05) is 38.7 Å². The Labute approximate surface area is 170 Å². The summed E-state index contributed by atoms with van der Waals surface area (Å²) in [4.78, 5) is 23.3. The zero-order chi connectivity index (χ0) is 20.1. The van der Waals surface area contributed by atoms with Crippen LogP contribution in [0.4, 0.5) is 5.95 Å². The number of nitrogens with one attached hydrogen (secondary N) is 1. The van der Waals surface area contributed by atoms with Crippen molar-refractivity contribution < 1.29 is 19.0 Å². The van der Waals surface area contributed by atoms with Crippen molar-refractivity contribution >= 4 is 11.9 Å². The number of methoxy groups -OCH3 is 1. The normalized spacial score (nSPS) is 18.0. The lowest BCUT2D eigenvalue weighted by molar-refractivity contribution is -0.181. The highest BCUT2D eigenvalue weighted by Gasteiger charge is 2.41. The Morgan fingerprint density at radius 2 is 1.97 bits per heavy atom. The van der Waals surface area contributed by atoms with Crippen molar-refractivity contribution in [3.8, 4) is 5.75 Å². The summed E-state index contributed by atoms with van der Waals surface area (Å²) in [6, 6.07) is 9.55. The molecule has 0 unspecified atom stereocenters. The van der Waals surface area contributed by atoms with E-state index < -0.39 is 5.79 Å². The van der Waals surface area contributed by atoms with Gasteiger partial charge >= 0.3 is 0 Å². The van der Waals surface area contributed by atoms with Gasteiger partial charge in [0.2, 0.25) is 5.95 Å². The van der Waals surface area contributed by atoms with E-state index in [1.807, 2.05) is 24.3 Å². The van der Waals surface area contributed by atoms with Gasteiger partial charge in [-0.15, -0.1) is 0 Å². The van der Waals surface area contributed by atoms with Gasteiger partial charge in [-0.25, -0.2) is 9.97 Å². The topological polar surface area (TPSA) is 85.8 Å². The van der Waals surface area contributed by atoms with Gasteiger partial charge in [0.1, 0.15) is 11.4 Å². The predicted molar refractivity (Wildman–Crippen MR) is 107 cm³/mol. The third-order valence-corrected chi connectivity index (χ3v) is 5.37. The minimum atomic E-state index is -0.492. The molecule has 0 radical (unpaired) electrons. The molecule has 2 saturated heterocycles. The van der Waals surface area contributed by atoms with E-state index in [1.54, 1.807) is 24.3 Å². The van der Waals surface area contributed by atoms with Gasteiger partial charge in [-0.05, 0) is 24.1 Å². The van der Waals surface area contributed by atoms with Crippen molar-refractivity contribution in [3.63, 3.8) is 0 Å². The summed E-state index contributed by atoms with van der Waals surface area (Å²) in [6.45, 7) is 3.09. The first-order valence-electron chi connectivity index (χ1n) is 9.95. The number of aromatic nitrogens is 2. The molecule has 0 bridgehead atoms. The molecule has 2 fully saturated rings. The van der Waals surface area contributed by atoms with E-state index >= 15 is 0 Å². The molecule has 3 heterocycles. The summed E-state index contributed by atoms with van der Waals surface area (Å²) in [5.41, 5.74) is 1.50. The Bertz CT molecular complexity index is 844. The zero-order valence-corrected chi connectivity index (χ0v) is 16.6. The average molecular weight is 398 g/mol. The van der Waals surface area contributed by atoms with Crippen LogP contribution in [0.3, 0.4) is 0 Å². The maximum atomic E-state index is 12.8. The fraction of sp³-hybridized carbons (Fsp3) is 0.476. The number of likely N-dealkylation sites (tertiary alicyclic amines) is 1. The molecule has 1 aromatic carbocycles. The van der Waals surface area contributed by atoms with E-state index in [0.717, 1.165) is 17.7 Å². The predicted octanol–water partition coefficient (Wildman–Crippen LogP) is 2.12. The van der Waals surface area contributed by atoms with Crippen molar-refractivity contribution in [2.45, 2.75) is 25.0 Å².